The highest BCUT2D eigenvalue weighted by Gasteiger charge is 2.13. The number of halogens is 1. The second-order valence-electron chi connectivity index (χ2n) is 7.37. The Labute approximate surface area is 190 Å². The van der Waals surface area contributed by atoms with Crippen LogP contribution >= 0.6 is 11.6 Å². The van der Waals surface area contributed by atoms with Crippen LogP contribution in [0.15, 0.2) is 78.9 Å². The van der Waals surface area contributed by atoms with E-state index in [0.717, 1.165) is 11.1 Å². The summed E-state index contributed by atoms with van der Waals surface area (Å²) in [6.45, 7) is 1.91. The van der Waals surface area contributed by atoms with Crippen molar-refractivity contribution in [2.45, 2.75) is 6.92 Å². The number of anilines is 2. The van der Waals surface area contributed by atoms with Crippen LogP contribution in [-0.2, 0) is 7.05 Å². The van der Waals surface area contributed by atoms with Gasteiger partial charge in [-0.25, -0.2) is 0 Å². The number of nitrogens with zero attached hydrogens (tertiary/aromatic N) is 2. The summed E-state index contributed by atoms with van der Waals surface area (Å²) in [5, 5.41) is 10.6. The molecule has 0 radical (unpaired) electrons. The first kappa shape index (κ1) is 21.3. The summed E-state index contributed by atoms with van der Waals surface area (Å²) in [6.07, 6.45) is 0. The van der Waals surface area contributed by atoms with Crippen molar-refractivity contribution < 1.29 is 9.59 Å². The summed E-state index contributed by atoms with van der Waals surface area (Å²) in [5.41, 5.74) is 4.16. The Kier molecular flexibility index (Phi) is 6.05. The number of hydrogen-bond acceptors (Lipinski definition) is 3. The third-order valence-corrected chi connectivity index (χ3v) is 5.29. The molecule has 0 bridgehead atoms. The summed E-state index contributed by atoms with van der Waals surface area (Å²) in [7, 11) is 1.77. The Hall–Kier alpha value is -3.90. The third-order valence-electron chi connectivity index (χ3n) is 4.96. The molecular formula is C25H21ClN4O2. The number of amides is 2. The molecule has 0 unspecified atom stereocenters. The molecule has 1 aromatic heterocycles. The van der Waals surface area contributed by atoms with Crippen molar-refractivity contribution in [1.82, 2.24) is 9.78 Å². The zero-order chi connectivity index (χ0) is 22.7. The Morgan fingerprint density at radius 1 is 0.875 bits per heavy atom. The molecule has 4 aromatic rings. The maximum atomic E-state index is 12.6. The Balaban J connectivity index is 1.47. The van der Waals surface area contributed by atoms with E-state index in [4.69, 9.17) is 11.6 Å². The Morgan fingerprint density at radius 3 is 2.31 bits per heavy atom. The lowest BCUT2D eigenvalue weighted by Gasteiger charge is -2.08. The minimum absolute atomic E-state index is 0.201. The van der Waals surface area contributed by atoms with E-state index in [0.29, 0.717) is 33.3 Å². The molecule has 0 spiro atoms. The molecular weight excluding hydrogens is 424 g/mol. The van der Waals surface area contributed by atoms with E-state index in [1.54, 1.807) is 54.2 Å². The maximum Gasteiger partial charge on any atom is 0.257 e. The monoisotopic (exact) mass is 444 g/mol. The van der Waals surface area contributed by atoms with Crippen molar-refractivity contribution in [2.75, 3.05) is 10.6 Å². The van der Waals surface area contributed by atoms with Gasteiger partial charge in [-0.15, -0.1) is 0 Å². The molecule has 7 heteroatoms. The van der Waals surface area contributed by atoms with Crippen LogP contribution in [0.5, 0.6) is 0 Å². The molecule has 160 valence electrons. The van der Waals surface area contributed by atoms with Gasteiger partial charge in [-0.3, -0.25) is 14.3 Å². The molecule has 2 N–H and O–H groups in total. The van der Waals surface area contributed by atoms with Crippen molar-refractivity contribution in [1.29, 1.82) is 0 Å². The molecule has 0 saturated carbocycles. The van der Waals surface area contributed by atoms with Gasteiger partial charge in [-0.05, 0) is 43.3 Å². The average Bonchev–Trinajstić information content (AvgIpc) is 3.16. The number of rotatable bonds is 5. The molecule has 0 aliphatic carbocycles. The number of aryl methyl sites for hydroxylation is 2. The molecule has 3 aromatic carbocycles. The topological polar surface area (TPSA) is 76.0 Å². The highest BCUT2D eigenvalue weighted by molar-refractivity contribution is 6.34. The molecule has 0 aliphatic heterocycles. The van der Waals surface area contributed by atoms with Crippen molar-refractivity contribution >= 4 is 34.9 Å². The molecule has 0 fully saturated rings. The standard InChI is InChI=1S/C25H21ClN4O2/c1-16-8-13-21(26)20(14-16)25(32)27-19-11-9-17(10-12-19)22-15-23(30(2)29-22)28-24(31)18-6-4-3-5-7-18/h3-15H,1-2H3,(H,27,32)(H,28,31). The van der Waals surface area contributed by atoms with Crippen LogP contribution in [0.3, 0.4) is 0 Å². The van der Waals surface area contributed by atoms with Crippen LogP contribution in [0, 0.1) is 6.92 Å². The van der Waals surface area contributed by atoms with Gasteiger partial charge in [0.15, 0.2) is 0 Å². The number of nitrogens with one attached hydrogen (secondary N) is 2. The summed E-state index contributed by atoms with van der Waals surface area (Å²) < 4.78 is 1.62. The molecule has 0 saturated heterocycles. The van der Waals surface area contributed by atoms with Crippen LogP contribution in [0.4, 0.5) is 11.5 Å². The first-order chi connectivity index (χ1) is 15.4. The third kappa shape index (κ3) is 4.71. The van der Waals surface area contributed by atoms with Crippen LogP contribution in [0.1, 0.15) is 26.3 Å². The zero-order valence-electron chi connectivity index (χ0n) is 17.6. The minimum atomic E-state index is -0.268. The summed E-state index contributed by atoms with van der Waals surface area (Å²) in [5.74, 6) is 0.114. The quantitative estimate of drug-likeness (QED) is 0.423. The lowest BCUT2D eigenvalue weighted by molar-refractivity contribution is 0.101. The molecule has 1 heterocycles. The molecule has 2 amide bonds. The molecule has 32 heavy (non-hydrogen) atoms. The van der Waals surface area contributed by atoms with E-state index in [9.17, 15) is 9.59 Å². The summed E-state index contributed by atoms with van der Waals surface area (Å²) in [6, 6.07) is 23.5. The van der Waals surface area contributed by atoms with Crippen LogP contribution in [0.2, 0.25) is 5.02 Å². The van der Waals surface area contributed by atoms with Gasteiger partial charge < -0.3 is 10.6 Å². The van der Waals surface area contributed by atoms with E-state index in [1.807, 2.05) is 43.3 Å². The van der Waals surface area contributed by atoms with Gasteiger partial charge in [0.2, 0.25) is 0 Å². The van der Waals surface area contributed by atoms with Crippen LogP contribution in [0.25, 0.3) is 11.3 Å². The van der Waals surface area contributed by atoms with Crippen molar-refractivity contribution in [3.05, 3.63) is 101 Å². The smallest absolute Gasteiger partial charge is 0.257 e. The van der Waals surface area contributed by atoms with Gasteiger partial charge >= 0.3 is 0 Å². The Morgan fingerprint density at radius 2 is 1.59 bits per heavy atom. The van der Waals surface area contributed by atoms with Gasteiger partial charge in [0.05, 0.1) is 16.3 Å². The summed E-state index contributed by atoms with van der Waals surface area (Å²) in [4.78, 5) is 25.0. The zero-order valence-corrected chi connectivity index (χ0v) is 18.4. The number of benzene rings is 3. The fourth-order valence-corrected chi connectivity index (χ4v) is 3.44. The first-order valence-electron chi connectivity index (χ1n) is 9.99. The van der Waals surface area contributed by atoms with E-state index in [2.05, 4.69) is 15.7 Å². The lowest BCUT2D eigenvalue weighted by Crippen LogP contribution is -2.14. The van der Waals surface area contributed by atoms with Gasteiger partial charge in [-0.1, -0.05) is 53.6 Å². The van der Waals surface area contributed by atoms with Crippen molar-refractivity contribution in [3.63, 3.8) is 0 Å². The van der Waals surface area contributed by atoms with Crippen LogP contribution in [-0.4, -0.2) is 21.6 Å². The first-order valence-corrected chi connectivity index (χ1v) is 10.4. The number of hydrogen-bond donors (Lipinski definition) is 2. The van der Waals surface area contributed by atoms with Gasteiger partial charge in [0.1, 0.15) is 5.82 Å². The Bertz CT molecular complexity index is 1280. The average molecular weight is 445 g/mol. The van der Waals surface area contributed by atoms with Gasteiger partial charge in [0.25, 0.3) is 11.8 Å². The van der Waals surface area contributed by atoms with Crippen molar-refractivity contribution in [3.8, 4) is 11.3 Å². The minimum Gasteiger partial charge on any atom is -0.322 e. The highest BCUT2D eigenvalue weighted by atomic mass is 35.5. The SMILES string of the molecule is Cc1ccc(Cl)c(C(=O)Nc2ccc(-c3cc(NC(=O)c4ccccc4)n(C)n3)cc2)c1. The number of carbonyl (C=O) groups excluding carboxylic acids is 2. The van der Waals surface area contributed by atoms with E-state index < -0.39 is 0 Å². The molecule has 0 atom stereocenters. The van der Waals surface area contributed by atoms with Gasteiger partial charge in [0, 0.05) is 29.9 Å². The molecule has 0 aliphatic rings. The number of aromatic nitrogens is 2. The van der Waals surface area contributed by atoms with E-state index in [1.165, 1.54) is 0 Å². The van der Waals surface area contributed by atoms with E-state index >= 15 is 0 Å². The second kappa shape index (κ2) is 9.08. The normalized spacial score (nSPS) is 10.6. The van der Waals surface area contributed by atoms with Gasteiger partial charge in [-0.2, -0.15) is 5.10 Å². The largest absolute Gasteiger partial charge is 0.322 e. The van der Waals surface area contributed by atoms with Crippen LogP contribution < -0.4 is 10.6 Å². The second-order valence-corrected chi connectivity index (χ2v) is 7.78. The summed E-state index contributed by atoms with van der Waals surface area (Å²) >= 11 is 6.15. The predicted molar refractivity (Wildman–Crippen MR) is 127 cm³/mol. The highest BCUT2D eigenvalue weighted by Crippen LogP contribution is 2.24. The fourth-order valence-electron chi connectivity index (χ4n) is 3.24. The fraction of sp³-hybridized carbons (Fsp3) is 0.0800. The molecule has 4 rings (SSSR count). The molecule has 6 nitrogen and oxygen atoms in total. The predicted octanol–water partition coefficient (Wildman–Crippen LogP) is 5.55. The maximum absolute atomic E-state index is 12.6. The lowest BCUT2D eigenvalue weighted by atomic mass is 10.1. The van der Waals surface area contributed by atoms with Crippen molar-refractivity contribution in [2.24, 2.45) is 7.05 Å². The van der Waals surface area contributed by atoms with E-state index in [-0.39, 0.29) is 11.8 Å². The number of carbonyl (C=O) groups is 2.